The molecule has 0 unspecified atom stereocenters. The number of nitrogens with zero attached hydrogens (tertiary/aromatic N) is 1. The predicted molar refractivity (Wildman–Crippen MR) is 113 cm³/mol. The molecule has 0 aliphatic heterocycles. The van der Waals surface area contributed by atoms with E-state index in [9.17, 15) is 14.0 Å². The number of nitrogens with one attached hydrogen (secondary N) is 1. The van der Waals surface area contributed by atoms with Crippen molar-refractivity contribution in [2.45, 2.75) is 39.3 Å². The van der Waals surface area contributed by atoms with Crippen molar-refractivity contribution >= 4 is 11.8 Å². The van der Waals surface area contributed by atoms with Gasteiger partial charge in [-0.1, -0.05) is 18.2 Å². The van der Waals surface area contributed by atoms with Crippen LogP contribution >= 0.6 is 0 Å². The van der Waals surface area contributed by atoms with Gasteiger partial charge < -0.3 is 19.7 Å². The van der Waals surface area contributed by atoms with Crippen LogP contribution in [-0.4, -0.2) is 43.0 Å². The zero-order chi connectivity index (χ0) is 21.9. The summed E-state index contributed by atoms with van der Waals surface area (Å²) >= 11 is 0. The van der Waals surface area contributed by atoms with Gasteiger partial charge in [-0.2, -0.15) is 0 Å². The van der Waals surface area contributed by atoms with Gasteiger partial charge in [0.1, 0.15) is 23.4 Å². The highest BCUT2D eigenvalue weighted by atomic mass is 19.1. The molecule has 6 nitrogen and oxygen atoms in total. The Kier molecular flexibility index (Phi) is 9.12. The molecule has 1 atom stereocenters. The third-order valence-corrected chi connectivity index (χ3v) is 4.68. The number of amides is 2. The van der Waals surface area contributed by atoms with Crippen LogP contribution in [0, 0.1) is 5.82 Å². The number of likely N-dealkylation sites (N-methyl/N-ethyl adjacent to an activating group) is 1. The summed E-state index contributed by atoms with van der Waals surface area (Å²) in [4.78, 5) is 26.6. The molecule has 30 heavy (non-hydrogen) atoms. The number of rotatable bonds is 11. The largest absolute Gasteiger partial charge is 0.497 e. The van der Waals surface area contributed by atoms with Crippen LogP contribution in [0.1, 0.15) is 32.3 Å². The molecule has 0 saturated carbocycles. The molecule has 0 aliphatic carbocycles. The fourth-order valence-corrected chi connectivity index (χ4v) is 2.94. The van der Waals surface area contributed by atoms with Crippen LogP contribution in [0.3, 0.4) is 0 Å². The second kappa shape index (κ2) is 11.8. The molecule has 0 heterocycles. The number of hydrogen-bond donors (Lipinski definition) is 1. The Morgan fingerprint density at radius 3 is 2.40 bits per heavy atom. The van der Waals surface area contributed by atoms with E-state index in [0.29, 0.717) is 30.9 Å². The maximum absolute atomic E-state index is 14.1. The molecule has 0 fully saturated rings. The molecule has 1 N–H and O–H groups in total. The van der Waals surface area contributed by atoms with E-state index in [1.165, 1.54) is 11.0 Å². The average Bonchev–Trinajstić information content (AvgIpc) is 2.76. The molecule has 2 amide bonds. The van der Waals surface area contributed by atoms with E-state index in [-0.39, 0.29) is 24.8 Å². The van der Waals surface area contributed by atoms with Crippen LogP contribution in [-0.2, 0) is 16.1 Å². The highest BCUT2D eigenvalue weighted by molar-refractivity contribution is 5.87. The van der Waals surface area contributed by atoms with Gasteiger partial charge in [-0.05, 0) is 50.6 Å². The van der Waals surface area contributed by atoms with Gasteiger partial charge in [-0.25, -0.2) is 4.39 Å². The molecular formula is C23H29FN2O4. The lowest BCUT2D eigenvalue weighted by Crippen LogP contribution is -2.47. The highest BCUT2D eigenvalue weighted by Gasteiger charge is 2.26. The summed E-state index contributed by atoms with van der Waals surface area (Å²) in [5, 5.41) is 2.72. The van der Waals surface area contributed by atoms with Crippen molar-refractivity contribution in [2.75, 3.05) is 20.3 Å². The Labute approximate surface area is 177 Å². The first-order chi connectivity index (χ1) is 14.5. The summed E-state index contributed by atoms with van der Waals surface area (Å²) in [6, 6.07) is 12.7. The Balaban J connectivity index is 1.97. The maximum Gasteiger partial charge on any atom is 0.242 e. The summed E-state index contributed by atoms with van der Waals surface area (Å²) in [6.45, 7) is 4.30. The molecule has 2 aromatic rings. The van der Waals surface area contributed by atoms with Gasteiger partial charge in [0.2, 0.25) is 11.8 Å². The number of ether oxygens (including phenoxy) is 2. The van der Waals surface area contributed by atoms with Crippen molar-refractivity contribution < 1.29 is 23.5 Å². The Morgan fingerprint density at radius 1 is 1.10 bits per heavy atom. The van der Waals surface area contributed by atoms with E-state index >= 15 is 0 Å². The van der Waals surface area contributed by atoms with Crippen molar-refractivity contribution in [3.8, 4) is 11.5 Å². The SMILES string of the molecule is CCNC(=O)[C@H](C)N(Cc1ccccc1F)C(=O)CCCOc1ccc(OC)cc1. The van der Waals surface area contributed by atoms with E-state index < -0.39 is 11.9 Å². The molecule has 2 rings (SSSR count). The van der Waals surface area contributed by atoms with E-state index in [4.69, 9.17) is 9.47 Å². The molecule has 0 radical (unpaired) electrons. The van der Waals surface area contributed by atoms with Crippen LogP contribution in [0.4, 0.5) is 4.39 Å². The molecule has 0 saturated heterocycles. The lowest BCUT2D eigenvalue weighted by atomic mass is 10.1. The van der Waals surface area contributed by atoms with Crippen LogP contribution in [0.25, 0.3) is 0 Å². The molecule has 162 valence electrons. The third-order valence-electron chi connectivity index (χ3n) is 4.68. The minimum atomic E-state index is -0.709. The monoisotopic (exact) mass is 416 g/mol. The normalized spacial score (nSPS) is 11.5. The summed E-state index contributed by atoms with van der Waals surface area (Å²) in [5.74, 6) is 0.524. The zero-order valence-electron chi connectivity index (χ0n) is 17.7. The Morgan fingerprint density at radius 2 is 1.77 bits per heavy atom. The molecular weight excluding hydrogens is 387 g/mol. The number of carbonyl (C=O) groups is 2. The number of methoxy groups -OCH3 is 1. The summed E-state index contributed by atoms with van der Waals surface area (Å²) in [5.41, 5.74) is 0.372. The maximum atomic E-state index is 14.1. The van der Waals surface area contributed by atoms with Gasteiger partial charge in [0, 0.05) is 25.1 Å². The Hall–Kier alpha value is -3.09. The predicted octanol–water partition coefficient (Wildman–Crippen LogP) is 3.55. The summed E-state index contributed by atoms with van der Waals surface area (Å²) in [7, 11) is 1.59. The van der Waals surface area contributed by atoms with E-state index in [1.807, 2.05) is 6.92 Å². The van der Waals surface area contributed by atoms with Gasteiger partial charge in [0.15, 0.2) is 0 Å². The minimum Gasteiger partial charge on any atom is -0.497 e. The quantitative estimate of drug-likeness (QED) is 0.569. The van der Waals surface area contributed by atoms with Crippen LogP contribution in [0.15, 0.2) is 48.5 Å². The van der Waals surface area contributed by atoms with Crippen molar-refractivity contribution in [1.82, 2.24) is 10.2 Å². The fourth-order valence-electron chi connectivity index (χ4n) is 2.94. The standard InChI is InChI=1S/C23H29FN2O4/c1-4-25-23(28)17(2)26(16-18-8-5-6-9-21(18)24)22(27)10-7-15-30-20-13-11-19(29-3)12-14-20/h5-6,8-9,11-14,17H,4,7,10,15-16H2,1-3H3,(H,25,28)/t17-/m0/s1. The van der Waals surface area contributed by atoms with E-state index in [0.717, 1.165) is 5.75 Å². The lowest BCUT2D eigenvalue weighted by Gasteiger charge is -2.29. The first kappa shape index (κ1) is 23.2. The molecule has 0 spiro atoms. The molecule has 2 aromatic carbocycles. The van der Waals surface area contributed by atoms with E-state index in [2.05, 4.69) is 5.32 Å². The third kappa shape index (κ3) is 6.76. The van der Waals surface area contributed by atoms with Gasteiger partial charge >= 0.3 is 0 Å². The summed E-state index contributed by atoms with van der Waals surface area (Å²) in [6.07, 6.45) is 0.662. The first-order valence-electron chi connectivity index (χ1n) is 10.0. The van der Waals surface area contributed by atoms with Gasteiger partial charge in [-0.3, -0.25) is 9.59 Å². The average molecular weight is 416 g/mol. The van der Waals surface area contributed by atoms with Gasteiger partial charge in [0.05, 0.1) is 13.7 Å². The smallest absolute Gasteiger partial charge is 0.242 e. The zero-order valence-corrected chi connectivity index (χ0v) is 17.7. The molecule has 0 aromatic heterocycles. The Bertz CT molecular complexity index is 826. The first-order valence-corrected chi connectivity index (χ1v) is 10.0. The van der Waals surface area contributed by atoms with E-state index in [1.54, 1.807) is 56.5 Å². The second-order valence-corrected chi connectivity index (χ2v) is 6.81. The molecule has 0 bridgehead atoms. The number of halogens is 1. The second-order valence-electron chi connectivity index (χ2n) is 6.81. The molecule has 7 heteroatoms. The van der Waals surface area contributed by atoms with Gasteiger partial charge in [-0.15, -0.1) is 0 Å². The number of benzene rings is 2. The summed E-state index contributed by atoms with van der Waals surface area (Å²) < 4.78 is 24.9. The van der Waals surface area contributed by atoms with Gasteiger partial charge in [0.25, 0.3) is 0 Å². The molecule has 0 aliphatic rings. The van der Waals surface area contributed by atoms with Crippen LogP contribution in [0.5, 0.6) is 11.5 Å². The van der Waals surface area contributed by atoms with Crippen molar-refractivity contribution in [3.63, 3.8) is 0 Å². The van der Waals surface area contributed by atoms with Crippen molar-refractivity contribution in [3.05, 3.63) is 59.9 Å². The van der Waals surface area contributed by atoms with Crippen LogP contribution < -0.4 is 14.8 Å². The number of hydrogen-bond acceptors (Lipinski definition) is 4. The fraction of sp³-hybridized carbons (Fsp3) is 0.391. The number of carbonyl (C=O) groups excluding carboxylic acids is 2. The minimum absolute atomic E-state index is 0.0309. The highest BCUT2D eigenvalue weighted by Crippen LogP contribution is 2.18. The lowest BCUT2D eigenvalue weighted by molar-refractivity contribution is -0.140. The van der Waals surface area contributed by atoms with Crippen molar-refractivity contribution in [1.29, 1.82) is 0 Å². The van der Waals surface area contributed by atoms with Crippen LogP contribution in [0.2, 0.25) is 0 Å². The topological polar surface area (TPSA) is 67.9 Å². The van der Waals surface area contributed by atoms with Crippen molar-refractivity contribution in [2.24, 2.45) is 0 Å².